The first-order chi connectivity index (χ1) is 9.85. The first-order valence-electron chi connectivity index (χ1n) is 8.07. The van der Waals surface area contributed by atoms with Gasteiger partial charge in [-0.2, -0.15) is 5.10 Å². The van der Waals surface area contributed by atoms with Crippen LogP contribution in [0.3, 0.4) is 0 Å². The minimum Gasteiger partial charge on any atom is -0.384 e. The van der Waals surface area contributed by atoms with Crippen molar-refractivity contribution in [3.63, 3.8) is 0 Å². The SMILES string of the molecule is COC[C@H]1CN(CC2CCCCC2)Cc2ccnn2C1. The molecule has 112 valence electrons. The van der Waals surface area contributed by atoms with Crippen LogP contribution in [-0.2, 0) is 17.8 Å². The molecule has 1 aliphatic carbocycles. The molecule has 0 bridgehead atoms. The summed E-state index contributed by atoms with van der Waals surface area (Å²) >= 11 is 0. The van der Waals surface area contributed by atoms with E-state index >= 15 is 0 Å². The molecule has 1 aliphatic heterocycles. The number of aromatic nitrogens is 2. The van der Waals surface area contributed by atoms with Crippen molar-refractivity contribution < 1.29 is 4.74 Å². The molecule has 1 fully saturated rings. The Bertz CT molecular complexity index is 412. The van der Waals surface area contributed by atoms with Gasteiger partial charge >= 0.3 is 0 Å². The van der Waals surface area contributed by atoms with Crippen molar-refractivity contribution in [3.8, 4) is 0 Å². The third-order valence-electron chi connectivity index (χ3n) is 4.78. The molecule has 2 aliphatic rings. The largest absolute Gasteiger partial charge is 0.384 e. The highest BCUT2D eigenvalue weighted by Crippen LogP contribution is 2.26. The lowest BCUT2D eigenvalue weighted by atomic mass is 9.89. The molecule has 3 rings (SSSR count). The minimum atomic E-state index is 0.560. The van der Waals surface area contributed by atoms with Crippen molar-refractivity contribution in [1.29, 1.82) is 0 Å². The Morgan fingerprint density at radius 2 is 2.05 bits per heavy atom. The second-order valence-electron chi connectivity index (χ2n) is 6.52. The molecule has 1 aromatic heterocycles. The van der Waals surface area contributed by atoms with Crippen LogP contribution in [0.25, 0.3) is 0 Å². The lowest BCUT2D eigenvalue weighted by Crippen LogP contribution is -2.34. The standard InChI is InChI=1S/C16H27N3O/c1-20-13-15-10-18(9-14-5-3-2-4-6-14)12-16-7-8-17-19(16)11-15/h7-8,14-15H,2-6,9-13H2,1H3/t15-/m0/s1. The smallest absolute Gasteiger partial charge is 0.0524 e. The quantitative estimate of drug-likeness (QED) is 0.847. The molecule has 0 spiro atoms. The summed E-state index contributed by atoms with van der Waals surface area (Å²) in [6.45, 7) is 5.29. The number of hydrogen-bond acceptors (Lipinski definition) is 3. The fourth-order valence-electron chi connectivity index (χ4n) is 3.83. The molecule has 1 saturated carbocycles. The molecule has 0 aromatic carbocycles. The summed E-state index contributed by atoms with van der Waals surface area (Å²) in [5, 5.41) is 4.46. The average Bonchev–Trinajstić information content (AvgIpc) is 2.81. The van der Waals surface area contributed by atoms with Crippen LogP contribution < -0.4 is 0 Å². The number of nitrogens with zero attached hydrogens (tertiary/aromatic N) is 3. The fraction of sp³-hybridized carbons (Fsp3) is 0.812. The van der Waals surface area contributed by atoms with Crippen molar-refractivity contribution >= 4 is 0 Å². The van der Waals surface area contributed by atoms with E-state index in [9.17, 15) is 0 Å². The third kappa shape index (κ3) is 3.41. The minimum absolute atomic E-state index is 0.560. The zero-order chi connectivity index (χ0) is 13.8. The Morgan fingerprint density at radius 3 is 2.85 bits per heavy atom. The Labute approximate surface area is 122 Å². The van der Waals surface area contributed by atoms with Gasteiger partial charge in [-0.15, -0.1) is 0 Å². The normalized spacial score (nSPS) is 25.4. The number of rotatable bonds is 4. The Kier molecular flexibility index (Phi) is 4.73. The molecule has 20 heavy (non-hydrogen) atoms. The topological polar surface area (TPSA) is 30.3 Å². The highest BCUT2D eigenvalue weighted by Gasteiger charge is 2.24. The predicted octanol–water partition coefficient (Wildman–Crippen LogP) is 2.54. The highest BCUT2D eigenvalue weighted by molar-refractivity contribution is 5.02. The molecular weight excluding hydrogens is 250 g/mol. The van der Waals surface area contributed by atoms with Crippen molar-refractivity contribution in [2.45, 2.75) is 45.2 Å². The number of fused-ring (bicyclic) bond motifs is 1. The number of ether oxygens (including phenoxy) is 1. The molecule has 0 amide bonds. The Hall–Kier alpha value is -0.870. The molecule has 0 radical (unpaired) electrons. The zero-order valence-electron chi connectivity index (χ0n) is 12.6. The number of methoxy groups -OCH3 is 1. The van der Waals surface area contributed by atoms with Gasteiger partial charge in [-0.1, -0.05) is 19.3 Å². The van der Waals surface area contributed by atoms with Gasteiger partial charge in [0.2, 0.25) is 0 Å². The van der Waals surface area contributed by atoms with Crippen molar-refractivity contribution in [1.82, 2.24) is 14.7 Å². The zero-order valence-corrected chi connectivity index (χ0v) is 12.6. The van der Waals surface area contributed by atoms with Gasteiger partial charge in [-0.05, 0) is 24.8 Å². The van der Waals surface area contributed by atoms with Crippen molar-refractivity contribution in [2.75, 3.05) is 26.8 Å². The summed E-state index contributed by atoms with van der Waals surface area (Å²) in [5.74, 6) is 1.46. The first kappa shape index (κ1) is 14.1. The van der Waals surface area contributed by atoms with Gasteiger partial charge in [0.25, 0.3) is 0 Å². The summed E-state index contributed by atoms with van der Waals surface area (Å²) in [4.78, 5) is 2.64. The van der Waals surface area contributed by atoms with Crippen LogP contribution in [0.4, 0.5) is 0 Å². The Balaban J connectivity index is 1.66. The van der Waals surface area contributed by atoms with Crippen LogP contribution in [0, 0.1) is 11.8 Å². The van der Waals surface area contributed by atoms with E-state index in [1.54, 1.807) is 7.11 Å². The van der Waals surface area contributed by atoms with Gasteiger partial charge in [-0.25, -0.2) is 0 Å². The monoisotopic (exact) mass is 277 g/mol. The van der Waals surface area contributed by atoms with E-state index in [1.807, 2.05) is 6.20 Å². The molecule has 1 aromatic rings. The summed E-state index contributed by atoms with van der Waals surface area (Å²) < 4.78 is 7.57. The molecule has 2 heterocycles. The van der Waals surface area contributed by atoms with E-state index < -0.39 is 0 Å². The number of hydrogen-bond donors (Lipinski definition) is 0. The molecule has 0 unspecified atom stereocenters. The first-order valence-corrected chi connectivity index (χ1v) is 8.07. The van der Waals surface area contributed by atoms with Crippen LogP contribution in [-0.4, -0.2) is 41.5 Å². The summed E-state index contributed by atoms with van der Waals surface area (Å²) in [6.07, 6.45) is 9.07. The maximum Gasteiger partial charge on any atom is 0.0524 e. The summed E-state index contributed by atoms with van der Waals surface area (Å²) in [7, 11) is 1.81. The average molecular weight is 277 g/mol. The third-order valence-corrected chi connectivity index (χ3v) is 4.78. The Morgan fingerprint density at radius 1 is 1.20 bits per heavy atom. The van der Waals surface area contributed by atoms with Gasteiger partial charge in [0, 0.05) is 45.4 Å². The summed E-state index contributed by atoms with van der Waals surface area (Å²) in [6, 6.07) is 2.17. The van der Waals surface area contributed by atoms with E-state index in [0.717, 1.165) is 32.2 Å². The molecular formula is C16H27N3O. The molecule has 4 heteroatoms. The van der Waals surface area contributed by atoms with E-state index in [1.165, 1.54) is 44.3 Å². The summed E-state index contributed by atoms with van der Waals surface area (Å²) in [5.41, 5.74) is 1.36. The van der Waals surface area contributed by atoms with Gasteiger partial charge in [0.15, 0.2) is 0 Å². The van der Waals surface area contributed by atoms with Gasteiger partial charge in [0.05, 0.1) is 12.3 Å². The molecule has 4 nitrogen and oxygen atoms in total. The van der Waals surface area contributed by atoms with Crippen LogP contribution in [0.1, 0.15) is 37.8 Å². The maximum atomic E-state index is 5.40. The van der Waals surface area contributed by atoms with Crippen LogP contribution in [0.15, 0.2) is 12.3 Å². The van der Waals surface area contributed by atoms with Gasteiger partial charge < -0.3 is 4.74 Å². The van der Waals surface area contributed by atoms with E-state index in [0.29, 0.717) is 5.92 Å². The molecule has 0 saturated heterocycles. The maximum absolute atomic E-state index is 5.40. The van der Waals surface area contributed by atoms with E-state index in [2.05, 4.69) is 20.7 Å². The second-order valence-corrected chi connectivity index (χ2v) is 6.52. The van der Waals surface area contributed by atoms with Gasteiger partial charge in [-0.3, -0.25) is 9.58 Å². The fourth-order valence-corrected chi connectivity index (χ4v) is 3.83. The van der Waals surface area contributed by atoms with E-state index in [-0.39, 0.29) is 0 Å². The lowest BCUT2D eigenvalue weighted by Gasteiger charge is -2.30. The van der Waals surface area contributed by atoms with Crippen LogP contribution >= 0.6 is 0 Å². The van der Waals surface area contributed by atoms with Gasteiger partial charge in [0.1, 0.15) is 0 Å². The molecule has 0 N–H and O–H groups in total. The van der Waals surface area contributed by atoms with E-state index in [4.69, 9.17) is 4.74 Å². The highest BCUT2D eigenvalue weighted by atomic mass is 16.5. The van der Waals surface area contributed by atoms with Crippen LogP contribution in [0.2, 0.25) is 0 Å². The van der Waals surface area contributed by atoms with Crippen LogP contribution in [0.5, 0.6) is 0 Å². The van der Waals surface area contributed by atoms with Crippen molar-refractivity contribution in [3.05, 3.63) is 18.0 Å². The predicted molar refractivity (Wildman–Crippen MR) is 79.4 cm³/mol. The molecule has 1 atom stereocenters. The lowest BCUT2D eigenvalue weighted by molar-refractivity contribution is 0.106. The second kappa shape index (κ2) is 6.72. The van der Waals surface area contributed by atoms with Crippen molar-refractivity contribution in [2.24, 2.45) is 11.8 Å².